The van der Waals surface area contributed by atoms with Crippen LogP contribution in [0.5, 0.6) is 0 Å². The van der Waals surface area contributed by atoms with Gasteiger partial charge < -0.3 is 20.1 Å². The van der Waals surface area contributed by atoms with E-state index in [0.29, 0.717) is 0 Å². The van der Waals surface area contributed by atoms with Gasteiger partial charge in [-0.05, 0) is 30.7 Å². The molecule has 1 saturated carbocycles. The molecule has 6 nitrogen and oxygen atoms in total. The van der Waals surface area contributed by atoms with Crippen LogP contribution in [-0.4, -0.2) is 34.4 Å². The van der Waals surface area contributed by atoms with Crippen LogP contribution in [0.25, 0.3) is 0 Å². The van der Waals surface area contributed by atoms with E-state index < -0.39 is 20.2 Å². The van der Waals surface area contributed by atoms with Gasteiger partial charge in [0.25, 0.3) is 0 Å². The fourth-order valence-electron chi connectivity index (χ4n) is 3.38. The number of alkyl carbamates (subject to hydrolysis) is 1. The van der Waals surface area contributed by atoms with Crippen molar-refractivity contribution in [3.8, 4) is 0 Å². The van der Waals surface area contributed by atoms with Crippen molar-refractivity contribution >= 4 is 14.1 Å². The molecule has 1 amide bonds. The maximum absolute atomic E-state index is 11.7. The number of aliphatic hydroxyl groups excluding tert-OH is 1. The summed E-state index contributed by atoms with van der Waals surface area (Å²) in [6, 6.07) is 9.33. The summed E-state index contributed by atoms with van der Waals surface area (Å²) in [4.78, 5) is 21.3. The van der Waals surface area contributed by atoms with Crippen molar-refractivity contribution in [3.63, 3.8) is 0 Å². The Bertz CT molecular complexity index is 548. The summed E-state index contributed by atoms with van der Waals surface area (Å²) in [6.45, 7) is 0.184. The molecule has 2 rings (SSSR count). The number of carbonyl (C=O) groups is 1. The average molecular weight is 369 g/mol. The Morgan fingerprint density at radius 3 is 2.56 bits per heavy atom. The second kappa shape index (κ2) is 10.6. The van der Waals surface area contributed by atoms with Crippen LogP contribution in [0.15, 0.2) is 30.3 Å². The Morgan fingerprint density at radius 1 is 1.24 bits per heavy atom. The smallest absolute Gasteiger partial charge is 0.407 e. The quantitative estimate of drug-likeness (QED) is 0.612. The van der Waals surface area contributed by atoms with E-state index in [4.69, 9.17) is 4.74 Å². The molecule has 0 radical (unpaired) electrons. The predicted octanol–water partition coefficient (Wildman–Crippen LogP) is 3.08. The molecular weight excluding hydrogens is 341 g/mol. The maximum atomic E-state index is 11.7. The largest absolute Gasteiger partial charge is 0.445 e. The molecule has 1 aromatic rings. The first-order chi connectivity index (χ1) is 12.1. The molecule has 7 heteroatoms. The number of aliphatic hydroxyl groups is 1. The topological polar surface area (TPSA) is 95.9 Å². The number of hydrogen-bond donors (Lipinski definition) is 3. The Hall–Kier alpha value is -1.36. The van der Waals surface area contributed by atoms with Crippen LogP contribution in [0.2, 0.25) is 0 Å². The first-order valence-corrected chi connectivity index (χ1v) is 10.3. The van der Waals surface area contributed by atoms with E-state index in [9.17, 15) is 19.4 Å². The van der Waals surface area contributed by atoms with Crippen molar-refractivity contribution in [3.05, 3.63) is 35.9 Å². The molecular formula is C18H28NO5P. The van der Waals surface area contributed by atoms with Gasteiger partial charge in [0, 0.05) is 12.2 Å². The molecule has 3 atom stereocenters. The van der Waals surface area contributed by atoms with Gasteiger partial charge in [-0.25, -0.2) is 4.79 Å². The lowest BCUT2D eigenvalue weighted by Crippen LogP contribution is -2.35. The van der Waals surface area contributed by atoms with Crippen molar-refractivity contribution < 1.29 is 24.1 Å². The SMILES string of the molecule is O=C(NC[C@H](O)CC(C1CCCCC1)[PH](=O)O)OCc1ccccc1. The lowest BCUT2D eigenvalue weighted by Gasteiger charge is -2.29. The highest BCUT2D eigenvalue weighted by Crippen LogP contribution is 2.40. The standard InChI is InChI=1S/C18H28NO5P/c20-16(11-17(25(22)23)15-9-5-2-6-10-15)12-19-18(21)24-13-14-7-3-1-4-8-14/h1,3-4,7-8,15-17,20,25H,2,5-6,9-13H2,(H,19,21)(H,22,23)/t16-,17?/m1/s1. The minimum atomic E-state index is -2.70. The highest BCUT2D eigenvalue weighted by molar-refractivity contribution is 7.38. The van der Waals surface area contributed by atoms with Gasteiger partial charge in [0.05, 0.1) is 6.10 Å². The predicted molar refractivity (Wildman–Crippen MR) is 96.8 cm³/mol. The van der Waals surface area contributed by atoms with E-state index in [0.717, 1.165) is 31.2 Å². The summed E-state index contributed by atoms with van der Waals surface area (Å²) < 4.78 is 16.8. The molecule has 2 unspecified atom stereocenters. The van der Waals surface area contributed by atoms with E-state index in [1.807, 2.05) is 30.3 Å². The third kappa shape index (κ3) is 7.18. The summed E-state index contributed by atoms with van der Waals surface area (Å²) in [6.07, 6.45) is 4.01. The number of benzene rings is 1. The van der Waals surface area contributed by atoms with Gasteiger partial charge in [0.1, 0.15) is 6.61 Å². The first-order valence-electron chi connectivity index (χ1n) is 8.91. The zero-order valence-corrected chi connectivity index (χ0v) is 15.4. The second-order valence-corrected chi connectivity index (χ2v) is 8.09. The summed E-state index contributed by atoms with van der Waals surface area (Å²) >= 11 is 0. The molecule has 0 aromatic heterocycles. The summed E-state index contributed by atoms with van der Waals surface area (Å²) in [5.41, 5.74) is 0.511. The monoisotopic (exact) mass is 369 g/mol. The van der Waals surface area contributed by atoms with Crippen LogP contribution >= 0.6 is 8.03 Å². The number of nitrogens with one attached hydrogen (secondary N) is 1. The number of amides is 1. The van der Waals surface area contributed by atoms with Gasteiger partial charge in [-0.1, -0.05) is 49.6 Å². The highest BCUT2D eigenvalue weighted by atomic mass is 31.1. The molecule has 25 heavy (non-hydrogen) atoms. The molecule has 0 aliphatic heterocycles. The van der Waals surface area contributed by atoms with Crippen molar-refractivity contribution in [1.82, 2.24) is 5.32 Å². The number of ether oxygens (including phenoxy) is 1. The number of hydrogen-bond acceptors (Lipinski definition) is 4. The van der Waals surface area contributed by atoms with Crippen molar-refractivity contribution in [1.29, 1.82) is 0 Å². The molecule has 0 spiro atoms. The first kappa shape index (κ1) is 20.0. The average Bonchev–Trinajstić information content (AvgIpc) is 2.64. The fourth-order valence-corrected chi connectivity index (χ4v) is 4.59. The highest BCUT2D eigenvalue weighted by Gasteiger charge is 2.29. The van der Waals surface area contributed by atoms with Gasteiger partial charge in [-0.15, -0.1) is 0 Å². The van der Waals surface area contributed by atoms with Crippen LogP contribution in [0, 0.1) is 5.92 Å². The Labute approximate surface area is 149 Å². The summed E-state index contributed by atoms with van der Waals surface area (Å²) in [5, 5.41) is 12.6. The summed E-state index contributed by atoms with van der Waals surface area (Å²) in [5.74, 6) is 0.199. The molecule has 1 aliphatic carbocycles. The molecule has 0 bridgehead atoms. The van der Waals surface area contributed by atoms with Crippen molar-refractivity contribution in [2.24, 2.45) is 5.92 Å². The minimum Gasteiger partial charge on any atom is -0.445 e. The molecule has 3 N–H and O–H groups in total. The van der Waals surface area contributed by atoms with E-state index in [2.05, 4.69) is 5.32 Å². The van der Waals surface area contributed by atoms with Crippen LogP contribution in [0.3, 0.4) is 0 Å². The van der Waals surface area contributed by atoms with Gasteiger partial charge >= 0.3 is 6.09 Å². The zero-order valence-electron chi connectivity index (χ0n) is 14.4. The molecule has 1 aliphatic rings. The zero-order chi connectivity index (χ0) is 18.1. The third-order valence-corrected chi connectivity index (χ3v) is 6.10. The molecule has 0 heterocycles. The fraction of sp³-hybridized carbons (Fsp3) is 0.611. The maximum Gasteiger partial charge on any atom is 0.407 e. The van der Waals surface area contributed by atoms with Crippen molar-refractivity contribution in [2.75, 3.05) is 6.54 Å². The van der Waals surface area contributed by atoms with Crippen LogP contribution < -0.4 is 5.32 Å². The Balaban J connectivity index is 1.71. The van der Waals surface area contributed by atoms with Gasteiger partial charge in [-0.2, -0.15) is 0 Å². The molecule has 1 aromatic carbocycles. The van der Waals surface area contributed by atoms with E-state index in [1.165, 1.54) is 6.42 Å². The minimum absolute atomic E-state index is 0.0198. The van der Waals surface area contributed by atoms with Crippen molar-refractivity contribution in [2.45, 2.75) is 56.9 Å². The van der Waals surface area contributed by atoms with E-state index in [-0.39, 0.29) is 31.1 Å². The Morgan fingerprint density at radius 2 is 1.92 bits per heavy atom. The van der Waals surface area contributed by atoms with Gasteiger partial charge in [0.2, 0.25) is 0 Å². The lowest BCUT2D eigenvalue weighted by atomic mass is 9.85. The van der Waals surface area contributed by atoms with E-state index >= 15 is 0 Å². The van der Waals surface area contributed by atoms with Gasteiger partial charge in [0.15, 0.2) is 8.03 Å². The normalized spacial score (nSPS) is 19.0. The van der Waals surface area contributed by atoms with Crippen LogP contribution in [0.1, 0.15) is 44.1 Å². The van der Waals surface area contributed by atoms with Crippen LogP contribution in [0.4, 0.5) is 4.79 Å². The van der Waals surface area contributed by atoms with E-state index in [1.54, 1.807) is 0 Å². The number of rotatable bonds is 8. The number of carbonyl (C=O) groups excluding carboxylic acids is 1. The van der Waals surface area contributed by atoms with Gasteiger partial charge in [-0.3, -0.25) is 4.57 Å². The molecule has 1 fully saturated rings. The lowest BCUT2D eigenvalue weighted by molar-refractivity contribution is 0.119. The molecule has 0 saturated heterocycles. The molecule has 140 valence electrons. The third-order valence-electron chi connectivity index (χ3n) is 4.76. The second-order valence-electron chi connectivity index (χ2n) is 6.67. The Kier molecular flexibility index (Phi) is 8.45. The van der Waals surface area contributed by atoms with Crippen LogP contribution in [-0.2, 0) is 15.9 Å². The summed E-state index contributed by atoms with van der Waals surface area (Å²) in [7, 11) is -2.70.